The number of ether oxygens (including phenoxy) is 2. The molecule has 5 heteroatoms. The van der Waals surface area contributed by atoms with E-state index in [1.807, 2.05) is 6.92 Å². The Morgan fingerprint density at radius 2 is 2.10 bits per heavy atom. The third-order valence-corrected chi connectivity index (χ3v) is 3.94. The second kappa shape index (κ2) is 3.79. The van der Waals surface area contributed by atoms with Crippen LogP contribution in [0.5, 0.6) is 0 Å². The van der Waals surface area contributed by atoms with Gasteiger partial charge in [-0.05, 0) is 13.0 Å². The Morgan fingerprint density at radius 3 is 2.75 bits per heavy atom. The van der Waals surface area contributed by atoms with Crippen LogP contribution in [0.4, 0.5) is 0 Å². The first-order valence-corrected chi connectivity index (χ1v) is 6.08. The number of carbonyl (C=O) groups excluding carboxylic acids is 3. The zero-order valence-electron chi connectivity index (χ0n) is 11.1. The van der Waals surface area contributed by atoms with Crippen LogP contribution in [0.2, 0.25) is 0 Å². The summed E-state index contributed by atoms with van der Waals surface area (Å²) in [5.41, 5.74) is -0.128. The molecule has 0 N–H and O–H groups in total. The van der Waals surface area contributed by atoms with Crippen LogP contribution in [0.25, 0.3) is 0 Å². The fourth-order valence-corrected chi connectivity index (χ4v) is 2.93. The fraction of sp³-hybridized carbons (Fsp3) is 0.267. The molecule has 102 valence electrons. The number of esters is 2. The van der Waals surface area contributed by atoms with Gasteiger partial charge in [0.15, 0.2) is 11.9 Å². The maximum atomic E-state index is 12.7. The SMILES string of the molecule is C=C1C(=O)O[C@@H]2c3ccc(C)cc3C(=O)[C@]12C(=O)OC. The van der Waals surface area contributed by atoms with Gasteiger partial charge in [-0.1, -0.05) is 24.3 Å². The lowest BCUT2D eigenvalue weighted by atomic mass is 9.77. The predicted molar refractivity (Wildman–Crippen MR) is 67.9 cm³/mol. The van der Waals surface area contributed by atoms with Gasteiger partial charge in [-0.2, -0.15) is 0 Å². The topological polar surface area (TPSA) is 69.7 Å². The lowest BCUT2D eigenvalue weighted by Crippen LogP contribution is -2.39. The van der Waals surface area contributed by atoms with Gasteiger partial charge in [0.25, 0.3) is 0 Å². The maximum absolute atomic E-state index is 12.7. The number of fused-ring (bicyclic) bond motifs is 3. The van der Waals surface area contributed by atoms with Gasteiger partial charge in [-0.15, -0.1) is 0 Å². The van der Waals surface area contributed by atoms with Crippen LogP contribution in [0, 0.1) is 12.3 Å². The minimum atomic E-state index is -1.76. The number of methoxy groups -OCH3 is 1. The van der Waals surface area contributed by atoms with Crippen LogP contribution in [-0.2, 0) is 19.1 Å². The van der Waals surface area contributed by atoms with E-state index in [-0.39, 0.29) is 5.57 Å². The summed E-state index contributed by atoms with van der Waals surface area (Å²) < 4.78 is 9.94. The smallest absolute Gasteiger partial charge is 0.335 e. The molecular weight excluding hydrogens is 260 g/mol. The van der Waals surface area contributed by atoms with Crippen molar-refractivity contribution in [2.75, 3.05) is 7.11 Å². The first-order chi connectivity index (χ1) is 9.44. The molecule has 3 rings (SSSR count). The van der Waals surface area contributed by atoms with Crippen molar-refractivity contribution in [1.29, 1.82) is 0 Å². The molecule has 1 aromatic rings. The van der Waals surface area contributed by atoms with Crippen molar-refractivity contribution in [3.63, 3.8) is 0 Å². The van der Waals surface area contributed by atoms with E-state index in [0.29, 0.717) is 11.1 Å². The molecule has 0 aromatic heterocycles. The number of hydrogen-bond acceptors (Lipinski definition) is 5. The summed E-state index contributed by atoms with van der Waals surface area (Å²) >= 11 is 0. The zero-order chi connectivity index (χ0) is 14.7. The largest absolute Gasteiger partial charge is 0.468 e. The Hall–Kier alpha value is -2.43. The van der Waals surface area contributed by atoms with Crippen molar-refractivity contribution in [3.8, 4) is 0 Å². The van der Waals surface area contributed by atoms with Gasteiger partial charge in [0.1, 0.15) is 0 Å². The van der Waals surface area contributed by atoms with Crippen LogP contribution in [0.15, 0.2) is 30.4 Å². The molecule has 5 nitrogen and oxygen atoms in total. The molecule has 2 aliphatic rings. The monoisotopic (exact) mass is 272 g/mol. The van der Waals surface area contributed by atoms with E-state index < -0.39 is 29.2 Å². The van der Waals surface area contributed by atoms with Gasteiger partial charge in [-0.25, -0.2) is 4.79 Å². The number of carbonyl (C=O) groups is 3. The van der Waals surface area contributed by atoms with Crippen molar-refractivity contribution in [3.05, 3.63) is 47.0 Å². The molecule has 1 fully saturated rings. The highest BCUT2D eigenvalue weighted by molar-refractivity contribution is 6.24. The minimum Gasteiger partial charge on any atom is -0.468 e. The Morgan fingerprint density at radius 1 is 1.40 bits per heavy atom. The number of hydrogen-bond donors (Lipinski definition) is 0. The Kier molecular flexibility index (Phi) is 2.38. The number of ketones is 1. The summed E-state index contributed by atoms with van der Waals surface area (Å²) in [5, 5.41) is 0. The molecule has 0 saturated carbocycles. The number of rotatable bonds is 1. The predicted octanol–water partition coefficient (Wildman–Crippen LogP) is 1.50. The maximum Gasteiger partial charge on any atom is 0.335 e. The van der Waals surface area contributed by atoms with Crippen LogP contribution < -0.4 is 0 Å². The average Bonchev–Trinajstić information content (AvgIpc) is 2.83. The van der Waals surface area contributed by atoms with Gasteiger partial charge in [-0.3, -0.25) is 9.59 Å². The summed E-state index contributed by atoms with van der Waals surface area (Å²) in [7, 11) is 1.17. The quantitative estimate of drug-likeness (QED) is 0.440. The van der Waals surface area contributed by atoms with Crippen molar-refractivity contribution >= 4 is 17.7 Å². The van der Waals surface area contributed by atoms with Crippen molar-refractivity contribution in [2.24, 2.45) is 5.41 Å². The van der Waals surface area contributed by atoms with Gasteiger partial charge < -0.3 is 9.47 Å². The number of Topliss-reactive ketones (excluding diaryl/α,β-unsaturated/α-hetero) is 1. The second-order valence-corrected chi connectivity index (χ2v) is 4.98. The lowest BCUT2D eigenvalue weighted by Gasteiger charge is -2.21. The molecule has 0 spiro atoms. The van der Waals surface area contributed by atoms with Crippen molar-refractivity contribution in [1.82, 2.24) is 0 Å². The minimum absolute atomic E-state index is 0.159. The van der Waals surface area contributed by atoms with E-state index in [1.165, 1.54) is 7.11 Å². The molecule has 0 amide bonds. The van der Waals surface area contributed by atoms with Crippen LogP contribution in [-0.4, -0.2) is 24.8 Å². The van der Waals surface area contributed by atoms with Crippen LogP contribution in [0.3, 0.4) is 0 Å². The normalized spacial score (nSPS) is 27.1. The van der Waals surface area contributed by atoms with Gasteiger partial charge in [0.05, 0.1) is 12.7 Å². The molecule has 20 heavy (non-hydrogen) atoms. The third kappa shape index (κ3) is 1.20. The summed E-state index contributed by atoms with van der Waals surface area (Å²) in [6.45, 7) is 5.42. The summed E-state index contributed by atoms with van der Waals surface area (Å²) in [4.78, 5) is 36.7. The molecule has 1 aliphatic carbocycles. The molecule has 1 aromatic carbocycles. The van der Waals surface area contributed by atoms with E-state index in [9.17, 15) is 14.4 Å². The standard InChI is InChI=1S/C15H12O5/c1-7-4-5-9-10(6-7)11(16)15(14(18)19-3)8(2)13(17)20-12(9)15/h4-6,12H,2H2,1,3H3/t12-,15-/m1/s1. The van der Waals surface area contributed by atoms with Crippen LogP contribution in [0.1, 0.15) is 27.6 Å². The van der Waals surface area contributed by atoms with E-state index >= 15 is 0 Å². The first-order valence-electron chi connectivity index (χ1n) is 6.08. The van der Waals surface area contributed by atoms with Crippen LogP contribution >= 0.6 is 0 Å². The highest BCUT2D eigenvalue weighted by Gasteiger charge is 2.68. The lowest BCUT2D eigenvalue weighted by molar-refractivity contribution is -0.151. The molecule has 1 heterocycles. The molecule has 1 aliphatic heterocycles. The molecule has 2 atom stereocenters. The zero-order valence-corrected chi connectivity index (χ0v) is 11.1. The number of aryl methyl sites for hydroxylation is 1. The van der Waals surface area contributed by atoms with Gasteiger partial charge in [0, 0.05) is 11.1 Å². The summed E-state index contributed by atoms with van der Waals surface area (Å²) in [5.74, 6) is -2.03. The molecule has 0 radical (unpaired) electrons. The summed E-state index contributed by atoms with van der Waals surface area (Å²) in [6, 6.07) is 5.18. The van der Waals surface area contributed by atoms with Gasteiger partial charge in [0.2, 0.25) is 5.41 Å². The average molecular weight is 272 g/mol. The summed E-state index contributed by atoms with van der Waals surface area (Å²) in [6.07, 6.45) is -0.974. The van der Waals surface area contributed by atoms with E-state index in [4.69, 9.17) is 9.47 Å². The molecular formula is C15H12O5. The van der Waals surface area contributed by atoms with E-state index in [2.05, 4.69) is 6.58 Å². The Balaban J connectivity index is 2.30. The Labute approximate surface area is 115 Å². The van der Waals surface area contributed by atoms with Crippen molar-refractivity contribution in [2.45, 2.75) is 13.0 Å². The second-order valence-electron chi connectivity index (χ2n) is 4.98. The first kappa shape index (κ1) is 12.6. The fourth-order valence-electron chi connectivity index (χ4n) is 2.93. The van der Waals surface area contributed by atoms with E-state index in [0.717, 1.165) is 5.56 Å². The molecule has 0 bridgehead atoms. The highest BCUT2D eigenvalue weighted by atomic mass is 16.6. The highest BCUT2D eigenvalue weighted by Crippen LogP contribution is 2.57. The molecule has 0 unspecified atom stereocenters. The molecule has 1 saturated heterocycles. The van der Waals surface area contributed by atoms with Crippen molar-refractivity contribution < 1.29 is 23.9 Å². The Bertz CT molecular complexity index is 688. The number of benzene rings is 1. The third-order valence-electron chi connectivity index (χ3n) is 3.94. The van der Waals surface area contributed by atoms with E-state index in [1.54, 1.807) is 18.2 Å². The van der Waals surface area contributed by atoms with Gasteiger partial charge >= 0.3 is 11.9 Å².